The molecule has 0 saturated heterocycles. The van der Waals surface area contributed by atoms with E-state index in [-0.39, 0.29) is 6.42 Å². The van der Waals surface area contributed by atoms with E-state index >= 15 is 0 Å². The van der Waals surface area contributed by atoms with Crippen LogP contribution in [0.5, 0.6) is 0 Å². The summed E-state index contributed by atoms with van der Waals surface area (Å²) in [4.78, 5) is 9.37. The van der Waals surface area contributed by atoms with E-state index in [1.54, 1.807) is 6.92 Å². The van der Waals surface area contributed by atoms with Gasteiger partial charge < -0.3 is 10.4 Å². The Hall–Kier alpha value is -1.77. The van der Waals surface area contributed by atoms with E-state index in [1.807, 2.05) is 0 Å². The number of nitrogens with one attached hydrogen (secondary N) is 1. The van der Waals surface area contributed by atoms with Crippen molar-refractivity contribution >= 4 is 11.7 Å². The molecule has 1 heterocycles. The molecule has 0 spiro atoms. The lowest BCUT2D eigenvalue weighted by Gasteiger charge is -2.20. The average Bonchev–Trinajstić information content (AvgIpc) is 2.78. The molecule has 1 aromatic rings. The van der Waals surface area contributed by atoms with Crippen LogP contribution in [0.15, 0.2) is 36.4 Å². The summed E-state index contributed by atoms with van der Waals surface area (Å²) in [5.41, 5.74) is 2.81. The predicted octanol–water partition coefficient (Wildman–Crippen LogP) is 3.40. The number of carboxylic acids is 1. The summed E-state index contributed by atoms with van der Waals surface area (Å²) < 4.78 is 0. The highest BCUT2D eigenvalue weighted by molar-refractivity contribution is 5.66. The van der Waals surface area contributed by atoms with Crippen molar-refractivity contribution in [3.8, 4) is 0 Å². The third-order valence-electron chi connectivity index (χ3n) is 3.38. The van der Waals surface area contributed by atoms with Gasteiger partial charge in [-0.1, -0.05) is 37.3 Å². The number of para-hydroxylation sites is 1. The maximum absolute atomic E-state index is 9.37. The van der Waals surface area contributed by atoms with Crippen molar-refractivity contribution < 1.29 is 9.90 Å². The number of hydrogen-bond donors (Lipinski definition) is 2. The number of hydrogen-bond acceptors (Lipinski definition) is 2. The Balaban J connectivity index is 0.000000209. The first-order chi connectivity index (χ1) is 8.72. The molecule has 0 fully saturated rings. The maximum atomic E-state index is 9.37. The zero-order chi connectivity index (χ0) is 13.0. The van der Waals surface area contributed by atoms with Gasteiger partial charge in [0.05, 0.1) is 0 Å². The van der Waals surface area contributed by atoms with Crippen molar-refractivity contribution in [2.45, 2.75) is 38.1 Å². The second-order valence-electron chi connectivity index (χ2n) is 4.62. The van der Waals surface area contributed by atoms with Crippen molar-refractivity contribution in [2.24, 2.45) is 0 Å². The number of aliphatic carboxylic acids is 1. The van der Waals surface area contributed by atoms with Crippen molar-refractivity contribution in [1.82, 2.24) is 0 Å². The molecule has 2 unspecified atom stereocenters. The summed E-state index contributed by atoms with van der Waals surface area (Å²) in [5, 5.41) is 11.3. The Bertz CT molecular complexity index is 454. The van der Waals surface area contributed by atoms with Gasteiger partial charge in [-0.25, -0.2) is 0 Å². The Morgan fingerprint density at radius 1 is 1.44 bits per heavy atom. The minimum absolute atomic E-state index is 0.222. The molecule has 2 aliphatic rings. The van der Waals surface area contributed by atoms with E-state index in [4.69, 9.17) is 5.11 Å². The van der Waals surface area contributed by atoms with E-state index in [9.17, 15) is 4.79 Å². The molecular weight excluding hydrogens is 226 g/mol. The van der Waals surface area contributed by atoms with Crippen LogP contribution < -0.4 is 5.32 Å². The van der Waals surface area contributed by atoms with Crippen molar-refractivity contribution in [1.29, 1.82) is 0 Å². The number of carboxylic acid groups (broad SMARTS) is 1. The van der Waals surface area contributed by atoms with E-state index in [1.165, 1.54) is 24.1 Å². The first-order valence-electron chi connectivity index (χ1n) is 6.46. The lowest BCUT2D eigenvalue weighted by atomic mass is 9.88. The first kappa shape index (κ1) is 12.7. The van der Waals surface area contributed by atoms with E-state index in [0.717, 1.165) is 0 Å². The molecular formula is C15H19NO2. The molecule has 0 bridgehead atoms. The highest BCUT2D eigenvalue weighted by Gasteiger charge is 2.30. The minimum atomic E-state index is -0.745. The SMILES string of the molecule is C1=CC2c3ccccc3NC2CC1.CCC(=O)O. The molecule has 0 radical (unpaired) electrons. The Morgan fingerprint density at radius 3 is 2.89 bits per heavy atom. The second kappa shape index (κ2) is 5.71. The summed E-state index contributed by atoms with van der Waals surface area (Å²) in [6, 6.07) is 9.31. The van der Waals surface area contributed by atoms with Crippen LogP contribution in [0.25, 0.3) is 0 Å². The van der Waals surface area contributed by atoms with Gasteiger partial charge in [-0.3, -0.25) is 4.79 Å². The monoisotopic (exact) mass is 245 g/mol. The molecule has 3 heteroatoms. The van der Waals surface area contributed by atoms with Crippen LogP contribution in [0.4, 0.5) is 5.69 Å². The normalized spacial score (nSPS) is 23.2. The van der Waals surface area contributed by atoms with Gasteiger partial charge in [0, 0.05) is 24.1 Å². The van der Waals surface area contributed by atoms with Crippen LogP contribution in [0.1, 0.15) is 37.7 Å². The van der Waals surface area contributed by atoms with Crippen LogP contribution in [0, 0.1) is 0 Å². The van der Waals surface area contributed by atoms with Crippen molar-refractivity contribution in [3.63, 3.8) is 0 Å². The van der Waals surface area contributed by atoms with Gasteiger partial charge in [-0.05, 0) is 24.5 Å². The molecule has 1 aromatic carbocycles. The Labute approximate surface area is 108 Å². The minimum Gasteiger partial charge on any atom is -0.481 e. The molecule has 3 nitrogen and oxygen atoms in total. The van der Waals surface area contributed by atoms with Crippen LogP contribution in [-0.4, -0.2) is 17.1 Å². The molecule has 3 rings (SSSR count). The molecule has 0 amide bonds. The number of rotatable bonds is 1. The standard InChI is InChI=1S/C12H13N.C3H6O2/c1-3-7-11-9(5-1)10-6-2-4-8-12(10)13-11;1-2-3(4)5/h1-3,5-7,10,12-13H,4,8H2;2H2,1H3,(H,4,5). The predicted molar refractivity (Wildman–Crippen MR) is 72.9 cm³/mol. The largest absolute Gasteiger partial charge is 0.481 e. The van der Waals surface area contributed by atoms with Crippen LogP contribution in [0.2, 0.25) is 0 Å². The Kier molecular flexibility index (Phi) is 4.03. The van der Waals surface area contributed by atoms with E-state index in [0.29, 0.717) is 12.0 Å². The summed E-state index contributed by atoms with van der Waals surface area (Å²) in [5.74, 6) is -0.116. The molecule has 1 aliphatic carbocycles. The number of carbonyl (C=O) groups is 1. The zero-order valence-corrected chi connectivity index (χ0v) is 10.6. The molecule has 0 aromatic heterocycles. The van der Waals surface area contributed by atoms with Gasteiger partial charge in [0.15, 0.2) is 0 Å². The summed E-state index contributed by atoms with van der Waals surface area (Å²) in [6.07, 6.45) is 7.38. The van der Waals surface area contributed by atoms with Crippen molar-refractivity contribution in [3.05, 3.63) is 42.0 Å². The molecule has 18 heavy (non-hydrogen) atoms. The maximum Gasteiger partial charge on any atom is 0.303 e. The average molecular weight is 245 g/mol. The van der Waals surface area contributed by atoms with Gasteiger partial charge in [0.25, 0.3) is 0 Å². The summed E-state index contributed by atoms with van der Waals surface area (Å²) in [7, 11) is 0. The van der Waals surface area contributed by atoms with E-state index < -0.39 is 5.97 Å². The van der Waals surface area contributed by atoms with Gasteiger partial charge in [-0.2, -0.15) is 0 Å². The number of fused-ring (bicyclic) bond motifs is 3. The smallest absolute Gasteiger partial charge is 0.303 e. The van der Waals surface area contributed by atoms with Gasteiger partial charge in [0.1, 0.15) is 0 Å². The van der Waals surface area contributed by atoms with E-state index in [2.05, 4.69) is 41.7 Å². The summed E-state index contributed by atoms with van der Waals surface area (Å²) >= 11 is 0. The lowest BCUT2D eigenvalue weighted by molar-refractivity contribution is -0.136. The van der Waals surface area contributed by atoms with Crippen LogP contribution in [0.3, 0.4) is 0 Å². The Morgan fingerprint density at radius 2 is 2.17 bits per heavy atom. The fourth-order valence-electron chi connectivity index (χ4n) is 2.43. The quantitative estimate of drug-likeness (QED) is 0.745. The highest BCUT2D eigenvalue weighted by Crippen LogP contribution is 2.40. The molecule has 0 saturated carbocycles. The molecule has 2 atom stereocenters. The third kappa shape index (κ3) is 2.73. The fourth-order valence-corrected chi connectivity index (χ4v) is 2.43. The molecule has 1 aliphatic heterocycles. The van der Waals surface area contributed by atoms with Gasteiger partial charge >= 0.3 is 5.97 Å². The van der Waals surface area contributed by atoms with Gasteiger partial charge in [0.2, 0.25) is 0 Å². The van der Waals surface area contributed by atoms with Crippen molar-refractivity contribution in [2.75, 3.05) is 5.32 Å². The zero-order valence-electron chi connectivity index (χ0n) is 10.6. The number of allylic oxidation sites excluding steroid dienone is 1. The lowest BCUT2D eigenvalue weighted by Crippen LogP contribution is -2.21. The first-order valence-corrected chi connectivity index (χ1v) is 6.46. The third-order valence-corrected chi connectivity index (χ3v) is 3.38. The van der Waals surface area contributed by atoms with Crippen LogP contribution in [-0.2, 0) is 4.79 Å². The van der Waals surface area contributed by atoms with Crippen LogP contribution >= 0.6 is 0 Å². The highest BCUT2D eigenvalue weighted by atomic mass is 16.4. The topological polar surface area (TPSA) is 49.3 Å². The number of benzene rings is 1. The second-order valence-corrected chi connectivity index (χ2v) is 4.62. The molecule has 96 valence electrons. The molecule has 2 N–H and O–H groups in total. The summed E-state index contributed by atoms with van der Waals surface area (Å²) in [6.45, 7) is 1.60. The fraction of sp³-hybridized carbons (Fsp3) is 0.400. The number of anilines is 1. The van der Waals surface area contributed by atoms with Gasteiger partial charge in [-0.15, -0.1) is 0 Å².